The van der Waals surface area contributed by atoms with Crippen LogP contribution in [0.15, 0.2) is 21.0 Å². The summed E-state index contributed by atoms with van der Waals surface area (Å²) in [5.74, 6) is 0.571. The van der Waals surface area contributed by atoms with Crippen molar-refractivity contribution in [3.05, 3.63) is 33.7 Å². The van der Waals surface area contributed by atoms with Gasteiger partial charge < -0.3 is 10.2 Å². The van der Waals surface area contributed by atoms with Gasteiger partial charge in [0.1, 0.15) is 5.76 Å². The van der Waals surface area contributed by atoms with Crippen molar-refractivity contribution in [1.29, 1.82) is 0 Å². The normalized spacial score (nSPS) is 11.6. The maximum atomic E-state index is 13.7. The Bertz CT molecular complexity index is 533. The van der Waals surface area contributed by atoms with Gasteiger partial charge in [-0.15, -0.1) is 0 Å². The summed E-state index contributed by atoms with van der Waals surface area (Å²) in [5.41, 5.74) is 6.91. The lowest BCUT2D eigenvalue weighted by Crippen LogP contribution is -1.99. The number of fused-ring (bicyclic) bond motifs is 1. The lowest BCUT2D eigenvalue weighted by molar-refractivity contribution is 0.514. The number of benzene rings is 1. The summed E-state index contributed by atoms with van der Waals surface area (Å²) in [5, 5.41) is 0.808. The van der Waals surface area contributed by atoms with Crippen LogP contribution in [0.25, 0.3) is 11.0 Å². The SMILES string of the molecule is CC(C)c1c(CN)oc2c(F)cc(Br)cc12. The Hall–Kier alpha value is -0.870. The first-order valence-corrected chi connectivity index (χ1v) is 5.94. The fraction of sp³-hybridized carbons (Fsp3) is 0.333. The van der Waals surface area contributed by atoms with Gasteiger partial charge in [-0.1, -0.05) is 29.8 Å². The molecule has 1 aromatic carbocycles. The monoisotopic (exact) mass is 285 g/mol. The first-order valence-electron chi connectivity index (χ1n) is 5.15. The maximum Gasteiger partial charge on any atom is 0.170 e. The smallest absolute Gasteiger partial charge is 0.170 e. The van der Waals surface area contributed by atoms with E-state index < -0.39 is 0 Å². The van der Waals surface area contributed by atoms with Gasteiger partial charge >= 0.3 is 0 Å². The van der Waals surface area contributed by atoms with Gasteiger partial charge in [0.05, 0.1) is 6.54 Å². The molecule has 0 unspecified atom stereocenters. The molecule has 0 radical (unpaired) electrons. The van der Waals surface area contributed by atoms with E-state index in [1.54, 1.807) is 0 Å². The molecule has 0 saturated carbocycles. The molecule has 1 aromatic heterocycles. The van der Waals surface area contributed by atoms with Crippen LogP contribution in [0.2, 0.25) is 0 Å². The molecule has 0 fully saturated rings. The molecule has 0 amide bonds. The Kier molecular flexibility index (Phi) is 3.04. The minimum atomic E-state index is -0.356. The van der Waals surface area contributed by atoms with E-state index in [4.69, 9.17) is 10.2 Å². The van der Waals surface area contributed by atoms with Crippen LogP contribution in [0.4, 0.5) is 4.39 Å². The minimum Gasteiger partial charge on any atom is -0.456 e. The molecule has 0 aliphatic carbocycles. The van der Waals surface area contributed by atoms with Crippen molar-refractivity contribution in [2.75, 3.05) is 0 Å². The van der Waals surface area contributed by atoms with E-state index in [1.807, 2.05) is 19.9 Å². The number of furan rings is 1. The van der Waals surface area contributed by atoms with Gasteiger partial charge in [0.15, 0.2) is 11.4 Å². The van der Waals surface area contributed by atoms with Gasteiger partial charge in [-0.05, 0) is 18.1 Å². The Morgan fingerprint density at radius 2 is 2.12 bits per heavy atom. The van der Waals surface area contributed by atoms with Gasteiger partial charge in [0.25, 0.3) is 0 Å². The molecule has 16 heavy (non-hydrogen) atoms. The van der Waals surface area contributed by atoms with Crippen LogP contribution in [0.5, 0.6) is 0 Å². The second kappa shape index (κ2) is 4.18. The predicted molar refractivity (Wildman–Crippen MR) is 65.9 cm³/mol. The lowest BCUT2D eigenvalue weighted by Gasteiger charge is -2.04. The fourth-order valence-electron chi connectivity index (χ4n) is 1.98. The Balaban J connectivity index is 2.84. The van der Waals surface area contributed by atoms with Gasteiger partial charge in [0.2, 0.25) is 0 Å². The predicted octanol–water partition coefficient (Wildman–Crippen LogP) is 3.92. The van der Waals surface area contributed by atoms with E-state index in [-0.39, 0.29) is 11.7 Å². The molecule has 0 spiro atoms. The van der Waals surface area contributed by atoms with Crippen LogP contribution >= 0.6 is 15.9 Å². The molecule has 2 aromatic rings. The lowest BCUT2D eigenvalue weighted by atomic mass is 9.99. The van der Waals surface area contributed by atoms with Crippen molar-refractivity contribution in [1.82, 2.24) is 0 Å². The van der Waals surface area contributed by atoms with Crippen LogP contribution in [-0.4, -0.2) is 0 Å². The number of halogens is 2. The molecule has 0 aliphatic heterocycles. The van der Waals surface area contributed by atoms with Crippen LogP contribution < -0.4 is 5.73 Å². The molecule has 0 bridgehead atoms. The third-order valence-corrected chi connectivity index (χ3v) is 3.04. The molecule has 2 rings (SSSR count). The second-order valence-electron chi connectivity index (χ2n) is 4.06. The third-order valence-electron chi connectivity index (χ3n) is 2.59. The zero-order valence-electron chi connectivity index (χ0n) is 9.18. The molecular formula is C12H13BrFNO. The first-order chi connectivity index (χ1) is 7.54. The average molecular weight is 286 g/mol. The van der Waals surface area contributed by atoms with Crippen molar-refractivity contribution in [3.63, 3.8) is 0 Å². The van der Waals surface area contributed by atoms with E-state index in [0.717, 1.165) is 10.9 Å². The molecule has 0 saturated heterocycles. The highest BCUT2D eigenvalue weighted by atomic mass is 79.9. The number of nitrogens with two attached hydrogens (primary N) is 1. The summed E-state index contributed by atoms with van der Waals surface area (Å²) in [4.78, 5) is 0. The largest absolute Gasteiger partial charge is 0.456 e. The van der Waals surface area contributed by atoms with Gasteiger partial charge in [-0.25, -0.2) is 4.39 Å². The van der Waals surface area contributed by atoms with Crippen LogP contribution in [-0.2, 0) is 6.54 Å². The highest BCUT2D eigenvalue weighted by Crippen LogP contribution is 2.34. The van der Waals surface area contributed by atoms with Crippen molar-refractivity contribution in [3.8, 4) is 0 Å². The summed E-state index contributed by atoms with van der Waals surface area (Å²) in [6.07, 6.45) is 0. The van der Waals surface area contributed by atoms with Crippen LogP contribution in [0.1, 0.15) is 31.1 Å². The molecule has 0 aliphatic rings. The van der Waals surface area contributed by atoms with Crippen molar-refractivity contribution in [2.24, 2.45) is 5.73 Å². The Labute approximate surface area is 102 Å². The summed E-state index contributed by atoms with van der Waals surface area (Å²) in [6, 6.07) is 3.27. The van der Waals surface area contributed by atoms with Crippen molar-refractivity contribution in [2.45, 2.75) is 26.3 Å². The van der Waals surface area contributed by atoms with E-state index in [0.29, 0.717) is 22.4 Å². The zero-order chi connectivity index (χ0) is 11.9. The topological polar surface area (TPSA) is 39.2 Å². The summed E-state index contributed by atoms with van der Waals surface area (Å²) in [6.45, 7) is 4.38. The number of rotatable bonds is 2. The van der Waals surface area contributed by atoms with Gasteiger partial charge in [-0.3, -0.25) is 0 Å². The maximum absolute atomic E-state index is 13.7. The number of hydrogen-bond acceptors (Lipinski definition) is 2. The molecule has 86 valence electrons. The molecule has 0 atom stereocenters. The highest BCUT2D eigenvalue weighted by Gasteiger charge is 2.18. The molecule has 2 N–H and O–H groups in total. The van der Waals surface area contributed by atoms with Crippen LogP contribution in [0.3, 0.4) is 0 Å². The van der Waals surface area contributed by atoms with E-state index in [1.165, 1.54) is 6.07 Å². The zero-order valence-corrected chi connectivity index (χ0v) is 10.8. The summed E-state index contributed by atoms with van der Waals surface area (Å²) < 4.78 is 19.9. The molecule has 1 heterocycles. The summed E-state index contributed by atoms with van der Waals surface area (Å²) >= 11 is 3.28. The third kappa shape index (κ3) is 1.76. The fourth-order valence-corrected chi connectivity index (χ4v) is 2.41. The standard InChI is InChI=1S/C12H13BrFNO/c1-6(2)11-8-3-7(13)4-9(14)12(8)16-10(11)5-15/h3-4,6H,5,15H2,1-2H3. The first kappa shape index (κ1) is 11.6. The van der Waals surface area contributed by atoms with Crippen molar-refractivity contribution < 1.29 is 8.81 Å². The van der Waals surface area contributed by atoms with E-state index in [9.17, 15) is 4.39 Å². The Morgan fingerprint density at radius 1 is 1.44 bits per heavy atom. The molecular weight excluding hydrogens is 273 g/mol. The molecule has 4 heteroatoms. The molecule has 2 nitrogen and oxygen atoms in total. The number of hydrogen-bond donors (Lipinski definition) is 1. The average Bonchev–Trinajstić information content (AvgIpc) is 2.56. The Morgan fingerprint density at radius 3 is 2.69 bits per heavy atom. The quantitative estimate of drug-likeness (QED) is 0.908. The second-order valence-corrected chi connectivity index (χ2v) is 4.98. The van der Waals surface area contributed by atoms with E-state index >= 15 is 0 Å². The highest BCUT2D eigenvalue weighted by molar-refractivity contribution is 9.10. The van der Waals surface area contributed by atoms with Gasteiger partial charge in [0, 0.05) is 15.4 Å². The van der Waals surface area contributed by atoms with Crippen LogP contribution in [0, 0.1) is 5.82 Å². The van der Waals surface area contributed by atoms with Crippen molar-refractivity contribution >= 4 is 26.9 Å². The van der Waals surface area contributed by atoms with E-state index in [2.05, 4.69) is 15.9 Å². The minimum absolute atomic E-state index is 0.258. The van der Waals surface area contributed by atoms with Gasteiger partial charge in [-0.2, -0.15) is 0 Å². The summed E-state index contributed by atoms with van der Waals surface area (Å²) in [7, 11) is 0.